The van der Waals surface area contributed by atoms with Crippen LogP contribution in [0.5, 0.6) is 0 Å². The quantitative estimate of drug-likeness (QED) is 0.796. The Balaban J connectivity index is 1.77. The number of thiophene rings is 1. The lowest BCUT2D eigenvalue weighted by Crippen LogP contribution is -2.26. The Labute approximate surface area is 147 Å². The van der Waals surface area contributed by atoms with Gasteiger partial charge in [-0.05, 0) is 77.8 Å². The zero-order valence-electron chi connectivity index (χ0n) is 14.0. The predicted molar refractivity (Wildman–Crippen MR) is 98.7 cm³/mol. The lowest BCUT2D eigenvalue weighted by atomic mass is 9.66. The van der Waals surface area contributed by atoms with Gasteiger partial charge in [-0.3, -0.25) is 0 Å². The van der Waals surface area contributed by atoms with E-state index in [2.05, 4.69) is 23.4 Å². The van der Waals surface area contributed by atoms with Crippen molar-refractivity contribution in [2.45, 2.75) is 44.1 Å². The number of aryl methyl sites for hydroxylation is 1. The maximum Gasteiger partial charge on any atom is 0.192 e. The highest BCUT2D eigenvalue weighted by Gasteiger charge is 2.44. The van der Waals surface area contributed by atoms with Crippen LogP contribution in [0.25, 0.3) is 11.1 Å². The fourth-order valence-electron chi connectivity index (χ4n) is 3.94. The number of allylic oxidation sites excluding steroid dienone is 2. The fourth-order valence-corrected chi connectivity index (χ4v) is 5.47. The Morgan fingerprint density at radius 1 is 1.17 bits per heavy atom. The maximum atomic E-state index is 11.6. The van der Waals surface area contributed by atoms with Gasteiger partial charge in [0, 0.05) is 17.3 Å². The van der Waals surface area contributed by atoms with E-state index < -0.39 is 9.84 Å². The van der Waals surface area contributed by atoms with Crippen LogP contribution in [0.3, 0.4) is 0 Å². The first-order chi connectivity index (χ1) is 11.4. The molecular weight excluding hydrogens is 338 g/mol. The number of sulfone groups is 1. The maximum absolute atomic E-state index is 11.6. The molecule has 1 saturated carbocycles. The molecular formula is C19H21NO2S2. The summed E-state index contributed by atoms with van der Waals surface area (Å²) in [6, 6.07) is 5.84. The van der Waals surface area contributed by atoms with Crippen LogP contribution in [0, 0.1) is 12.3 Å². The van der Waals surface area contributed by atoms with Crippen molar-refractivity contribution in [3.63, 3.8) is 0 Å². The molecule has 3 nitrogen and oxygen atoms in total. The third kappa shape index (κ3) is 2.74. The van der Waals surface area contributed by atoms with Gasteiger partial charge in [-0.15, -0.1) is 11.3 Å². The van der Waals surface area contributed by atoms with Gasteiger partial charge in [0.25, 0.3) is 0 Å². The Morgan fingerprint density at radius 3 is 2.42 bits per heavy atom. The first kappa shape index (κ1) is 16.0. The van der Waals surface area contributed by atoms with Gasteiger partial charge in [0.1, 0.15) is 0 Å². The Kier molecular flexibility index (Phi) is 3.69. The zero-order chi connectivity index (χ0) is 16.9. The summed E-state index contributed by atoms with van der Waals surface area (Å²) in [4.78, 5) is 5.56. The largest absolute Gasteiger partial charge is 0.244 e. The molecule has 2 aliphatic rings. The number of hydrogen-bond acceptors (Lipinski definition) is 4. The van der Waals surface area contributed by atoms with Gasteiger partial charge in [0.15, 0.2) is 14.9 Å². The Hall–Kier alpha value is -1.46. The van der Waals surface area contributed by atoms with Gasteiger partial charge in [0.2, 0.25) is 0 Å². The summed E-state index contributed by atoms with van der Waals surface area (Å²) < 4.78 is 23.3. The van der Waals surface area contributed by atoms with E-state index in [1.165, 1.54) is 47.1 Å². The molecule has 2 aromatic rings. The summed E-state index contributed by atoms with van der Waals surface area (Å²) in [5, 5.41) is 2.35. The minimum Gasteiger partial charge on any atom is -0.244 e. The van der Waals surface area contributed by atoms with E-state index in [1.807, 2.05) is 17.4 Å². The van der Waals surface area contributed by atoms with Gasteiger partial charge >= 0.3 is 0 Å². The van der Waals surface area contributed by atoms with E-state index in [9.17, 15) is 8.42 Å². The van der Waals surface area contributed by atoms with Crippen LogP contribution in [0.4, 0.5) is 0 Å². The lowest BCUT2D eigenvalue weighted by molar-refractivity contribution is 0.157. The summed E-state index contributed by atoms with van der Waals surface area (Å²) in [5.74, 6) is 0. The minimum atomic E-state index is -3.25. The molecule has 2 aromatic heterocycles. The Bertz CT molecular complexity index is 917. The molecule has 0 aromatic carbocycles. The monoisotopic (exact) mass is 359 g/mol. The first-order valence-electron chi connectivity index (χ1n) is 8.30. The number of aromatic nitrogens is 1. The second-order valence-corrected chi connectivity index (χ2v) is 10.2. The molecule has 0 unspecified atom stereocenters. The molecule has 126 valence electrons. The van der Waals surface area contributed by atoms with Gasteiger partial charge < -0.3 is 0 Å². The van der Waals surface area contributed by atoms with E-state index in [1.54, 1.807) is 12.3 Å². The second-order valence-electron chi connectivity index (χ2n) is 7.31. The van der Waals surface area contributed by atoms with Gasteiger partial charge in [-0.2, -0.15) is 0 Å². The zero-order valence-corrected chi connectivity index (χ0v) is 15.6. The molecule has 0 atom stereocenters. The van der Waals surface area contributed by atoms with Crippen molar-refractivity contribution in [3.05, 3.63) is 45.8 Å². The van der Waals surface area contributed by atoms with Crippen molar-refractivity contribution in [3.8, 4) is 0 Å². The molecule has 2 heterocycles. The average Bonchev–Trinajstić information content (AvgIpc) is 3.10. The minimum absolute atomic E-state index is 0.150. The second kappa shape index (κ2) is 5.53. The topological polar surface area (TPSA) is 47.0 Å². The van der Waals surface area contributed by atoms with Crippen LogP contribution in [-0.4, -0.2) is 19.7 Å². The van der Waals surface area contributed by atoms with Crippen molar-refractivity contribution in [1.82, 2.24) is 4.98 Å². The van der Waals surface area contributed by atoms with Crippen LogP contribution in [0.2, 0.25) is 0 Å². The van der Waals surface area contributed by atoms with Gasteiger partial charge in [-0.1, -0.05) is 12.5 Å². The van der Waals surface area contributed by atoms with E-state index in [-0.39, 0.29) is 5.03 Å². The summed E-state index contributed by atoms with van der Waals surface area (Å²) in [5.41, 5.74) is 5.64. The van der Waals surface area contributed by atoms with Crippen LogP contribution in [0.15, 0.2) is 34.8 Å². The summed E-state index contributed by atoms with van der Waals surface area (Å²) in [7, 11) is -3.25. The molecule has 5 heteroatoms. The lowest BCUT2D eigenvalue weighted by Gasteiger charge is -2.39. The van der Waals surface area contributed by atoms with Crippen LogP contribution >= 0.6 is 11.3 Å². The number of hydrogen-bond donors (Lipinski definition) is 0. The van der Waals surface area contributed by atoms with Crippen LogP contribution < -0.4 is 0 Å². The third-order valence-corrected chi connectivity index (χ3v) is 7.48. The van der Waals surface area contributed by atoms with E-state index in [0.29, 0.717) is 5.41 Å². The van der Waals surface area contributed by atoms with Gasteiger partial charge in [-0.25, -0.2) is 13.4 Å². The highest BCUT2D eigenvalue weighted by Crippen LogP contribution is 2.60. The molecule has 0 radical (unpaired) electrons. The first-order valence-corrected chi connectivity index (χ1v) is 11.1. The molecule has 1 fully saturated rings. The van der Waals surface area contributed by atoms with Crippen molar-refractivity contribution in [2.24, 2.45) is 5.41 Å². The summed E-state index contributed by atoms with van der Waals surface area (Å²) in [6.07, 6.45) is 9.12. The highest BCUT2D eigenvalue weighted by atomic mass is 32.2. The highest BCUT2D eigenvalue weighted by molar-refractivity contribution is 7.90. The van der Waals surface area contributed by atoms with Crippen molar-refractivity contribution in [1.29, 1.82) is 0 Å². The predicted octanol–water partition coefficient (Wildman–Crippen LogP) is 4.73. The van der Waals surface area contributed by atoms with Gasteiger partial charge in [0.05, 0.1) is 0 Å². The molecule has 0 aliphatic heterocycles. The third-order valence-electron chi connectivity index (χ3n) is 5.37. The molecule has 1 spiro atoms. The molecule has 0 saturated heterocycles. The number of pyridine rings is 1. The van der Waals surface area contributed by atoms with E-state index in [0.717, 1.165) is 18.4 Å². The molecule has 0 N–H and O–H groups in total. The van der Waals surface area contributed by atoms with Crippen LogP contribution in [-0.2, 0) is 9.84 Å². The summed E-state index contributed by atoms with van der Waals surface area (Å²) in [6.45, 7) is 2.14. The normalized spacial score (nSPS) is 19.8. The standard InChI is InChI=1S/C19H21NO2S2/c1-13-8-17(23-12-13)16-10-19(6-3-7-19)9-15(16)14-4-5-18(20-11-14)24(2,21)22/h4-5,8,11-12H,3,6-7,9-10H2,1-2H3. The van der Waals surface area contributed by atoms with Crippen molar-refractivity contribution in [2.75, 3.05) is 6.26 Å². The van der Waals surface area contributed by atoms with Crippen molar-refractivity contribution < 1.29 is 8.42 Å². The SMILES string of the molecule is Cc1csc(C2=C(c3ccc(S(C)(=O)=O)nc3)CC3(CCC3)C2)c1. The summed E-state index contributed by atoms with van der Waals surface area (Å²) >= 11 is 1.81. The number of nitrogens with zero attached hydrogens (tertiary/aromatic N) is 1. The molecule has 2 aliphatic carbocycles. The molecule has 0 bridgehead atoms. The fraction of sp³-hybridized carbons (Fsp3) is 0.421. The van der Waals surface area contributed by atoms with E-state index >= 15 is 0 Å². The van der Waals surface area contributed by atoms with Crippen molar-refractivity contribution >= 4 is 32.3 Å². The Morgan fingerprint density at radius 2 is 1.92 bits per heavy atom. The smallest absolute Gasteiger partial charge is 0.192 e. The number of rotatable bonds is 3. The van der Waals surface area contributed by atoms with E-state index in [4.69, 9.17) is 0 Å². The molecule has 0 amide bonds. The molecule has 24 heavy (non-hydrogen) atoms. The van der Waals surface area contributed by atoms with Crippen LogP contribution in [0.1, 0.15) is 48.1 Å². The average molecular weight is 360 g/mol. The molecule has 4 rings (SSSR count).